The average Bonchev–Trinajstić information content (AvgIpc) is 2.64. The monoisotopic (exact) mass is 358 g/mol. The first kappa shape index (κ1) is 17.8. The van der Waals surface area contributed by atoms with Crippen molar-refractivity contribution in [3.05, 3.63) is 65.5 Å². The van der Waals surface area contributed by atoms with Gasteiger partial charge < -0.3 is 15.0 Å². The lowest BCUT2D eigenvalue weighted by molar-refractivity contribution is -0.917. The van der Waals surface area contributed by atoms with E-state index in [9.17, 15) is 10.0 Å². The van der Waals surface area contributed by atoms with Gasteiger partial charge in [-0.3, -0.25) is 4.79 Å². The van der Waals surface area contributed by atoms with Crippen molar-refractivity contribution >= 4 is 17.7 Å². The van der Waals surface area contributed by atoms with Gasteiger partial charge in [-0.1, -0.05) is 30.3 Å². The Morgan fingerprint density at radius 3 is 2.56 bits per heavy atom. The Bertz CT molecular complexity index is 703. The third-order valence-corrected chi connectivity index (χ3v) is 5.63. The first-order valence-corrected chi connectivity index (χ1v) is 9.52. The van der Waals surface area contributed by atoms with Gasteiger partial charge in [0.1, 0.15) is 6.54 Å². The van der Waals surface area contributed by atoms with E-state index in [2.05, 4.69) is 24.3 Å². The van der Waals surface area contributed by atoms with E-state index < -0.39 is 0 Å². The number of pyridine rings is 1. The van der Waals surface area contributed by atoms with Crippen LogP contribution in [0.4, 0.5) is 0 Å². The van der Waals surface area contributed by atoms with Gasteiger partial charge in [0, 0.05) is 17.7 Å². The lowest BCUT2D eigenvalue weighted by atomic mass is 10.2. The van der Waals surface area contributed by atoms with E-state index in [1.54, 1.807) is 12.1 Å². The minimum Gasteiger partial charge on any atom is -0.618 e. The molecule has 1 aliphatic rings. The van der Waals surface area contributed by atoms with Crippen molar-refractivity contribution in [2.75, 3.05) is 26.2 Å². The molecule has 1 fully saturated rings. The summed E-state index contributed by atoms with van der Waals surface area (Å²) >= 11 is 1.33. The Labute approximate surface area is 152 Å². The summed E-state index contributed by atoms with van der Waals surface area (Å²) < 4.78 is 0.816. The van der Waals surface area contributed by atoms with Crippen LogP contribution in [0.2, 0.25) is 0 Å². The minimum atomic E-state index is -0.252. The number of piperazine rings is 1. The van der Waals surface area contributed by atoms with Crippen molar-refractivity contribution in [2.45, 2.75) is 23.7 Å². The van der Waals surface area contributed by atoms with Crippen LogP contribution < -0.4 is 9.63 Å². The number of benzene rings is 1. The molecule has 1 aliphatic heterocycles. The predicted molar refractivity (Wildman–Crippen MR) is 98.1 cm³/mol. The van der Waals surface area contributed by atoms with Crippen molar-refractivity contribution in [3.63, 3.8) is 0 Å². The highest BCUT2D eigenvalue weighted by atomic mass is 32.2. The normalized spacial score (nSPS) is 16.6. The molecule has 0 bridgehead atoms. The molecule has 1 amide bonds. The van der Waals surface area contributed by atoms with Crippen LogP contribution in [-0.2, 0) is 11.3 Å². The zero-order chi connectivity index (χ0) is 17.6. The highest BCUT2D eigenvalue weighted by Gasteiger charge is 2.28. The number of amides is 1. The molecule has 0 aliphatic carbocycles. The number of thioether (sulfide) groups is 1. The van der Waals surface area contributed by atoms with E-state index in [-0.39, 0.29) is 11.2 Å². The molecule has 0 unspecified atom stereocenters. The third kappa shape index (κ3) is 4.74. The van der Waals surface area contributed by atoms with Gasteiger partial charge in [-0.05, 0) is 24.8 Å². The van der Waals surface area contributed by atoms with Crippen molar-refractivity contribution in [2.24, 2.45) is 0 Å². The lowest BCUT2D eigenvalue weighted by Crippen LogP contribution is -3.13. The number of carbonyl (C=O) groups is 1. The van der Waals surface area contributed by atoms with E-state index >= 15 is 0 Å². The zero-order valence-electron chi connectivity index (χ0n) is 14.4. The van der Waals surface area contributed by atoms with Crippen LogP contribution in [0.25, 0.3) is 0 Å². The van der Waals surface area contributed by atoms with Crippen LogP contribution in [0.1, 0.15) is 12.5 Å². The molecule has 0 spiro atoms. The SMILES string of the molecule is C[C@@H](Sc1cccc[n+]1[O-])C(=O)N1CC[NH+](Cc2ccccc2)CC1. The van der Waals surface area contributed by atoms with E-state index in [1.807, 2.05) is 24.0 Å². The second-order valence-electron chi connectivity index (χ2n) is 6.36. The zero-order valence-corrected chi connectivity index (χ0v) is 15.2. The van der Waals surface area contributed by atoms with Gasteiger partial charge in [0.05, 0.1) is 31.4 Å². The fraction of sp³-hybridized carbons (Fsp3) is 0.368. The summed E-state index contributed by atoms with van der Waals surface area (Å²) in [7, 11) is 0. The Morgan fingerprint density at radius 2 is 1.88 bits per heavy atom. The Balaban J connectivity index is 1.50. The molecule has 6 heteroatoms. The number of nitrogens with zero attached hydrogens (tertiary/aromatic N) is 2. The van der Waals surface area contributed by atoms with Crippen molar-refractivity contribution in [1.29, 1.82) is 0 Å². The fourth-order valence-corrected chi connectivity index (χ4v) is 4.03. The van der Waals surface area contributed by atoms with Crippen LogP contribution in [0.3, 0.4) is 0 Å². The third-order valence-electron chi connectivity index (χ3n) is 4.51. The van der Waals surface area contributed by atoms with E-state index in [4.69, 9.17) is 0 Å². The van der Waals surface area contributed by atoms with Crippen LogP contribution in [0.15, 0.2) is 59.8 Å². The van der Waals surface area contributed by atoms with Gasteiger partial charge in [0.25, 0.3) is 5.03 Å². The molecule has 5 nitrogen and oxygen atoms in total. The summed E-state index contributed by atoms with van der Waals surface area (Å²) in [4.78, 5) is 16.1. The summed E-state index contributed by atoms with van der Waals surface area (Å²) in [6.45, 7) is 6.36. The van der Waals surface area contributed by atoms with E-state index in [1.165, 1.54) is 28.4 Å². The predicted octanol–water partition coefficient (Wildman–Crippen LogP) is 0.728. The van der Waals surface area contributed by atoms with Gasteiger partial charge in [-0.2, -0.15) is 4.73 Å². The second kappa shape index (κ2) is 8.36. The molecule has 0 radical (unpaired) electrons. The van der Waals surface area contributed by atoms with Gasteiger partial charge in [0.2, 0.25) is 5.91 Å². The van der Waals surface area contributed by atoms with Crippen LogP contribution in [-0.4, -0.2) is 42.2 Å². The largest absolute Gasteiger partial charge is 0.618 e. The number of aromatic nitrogens is 1. The molecule has 25 heavy (non-hydrogen) atoms. The summed E-state index contributed by atoms with van der Waals surface area (Å²) in [6, 6.07) is 15.7. The number of hydrogen-bond donors (Lipinski definition) is 1. The minimum absolute atomic E-state index is 0.118. The fourth-order valence-electron chi connectivity index (χ4n) is 3.10. The van der Waals surface area contributed by atoms with Crippen molar-refractivity contribution < 1.29 is 14.4 Å². The number of nitrogens with one attached hydrogen (secondary N) is 1. The highest BCUT2D eigenvalue weighted by Crippen LogP contribution is 2.21. The number of rotatable bonds is 5. The Kier molecular flexibility index (Phi) is 5.94. The van der Waals surface area contributed by atoms with Gasteiger partial charge in [-0.15, -0.1) is 0 Å². The molecule has 1 N–H and O–H groups in total. The molecule has 1 aromatic heterocycles. The number of quaternary nitrogens is 1. The second-order valence-corrected chi connectivity index (χ2v) is 7.72. The maximum absolute atomic E-state index is 12.7. The first-order chi connectivity index (χ1) is 12.1. The average molecular weight is 358 g/mol. The first-order valence-electron chi connectivity index (χ1n) is 8.64. The summed E-state index contributed by atoms with van der Waals surface area (Å²) in [5.41, 5.74) is 1.34. The summed E-state index contributed by atoms with van der Waals surface area (Å²) in [5, 5.41) is 12.1. The smallest absolute Gasteiger partial charge is 0.252 e. The summed E-state index contributed by atoms with van der Waals surface area (Å²) in [6.07, 6.45) is 1.46. The molecule has 1 saturated heterocycles. The quantitative estimate of drug-likeness (QED) is 0.487. The molecule has 2 heterocycles. The Hall–Kier alpha value is -2.05. The van der Waals surface area contributed by atoms with Gasteiger partial charge >= 0.3 is 0 Å². The van der Waals surface area contributed by atoms with E-state index in [0.29, 0.717) is 5.03 Å². The molecule has 1 aromatic carbocycles. The molecule has 3 rings (SSSR count). The van der Waals surface area contributed by atoms with Crippen LogP contribution >= 0.6 is 11.8 Å². The Morgan fingerprint density at radius 1 is 1.20 bits per heavy atom. The molecular formula is C19H24N3O2S+. The standard InChI is InChI=1S/C19H23N3O2S/c1-16(25-18-9-5-6-10-22(18)24)19(23)21-13-11-20(12-14-21)15-17-7-3-2-4-8-17/h2-10,16H,11-15H2,1H3/p+1/t16-/m1/s1. The lowest BCUT2D eigenvalue weighted by Gasteiger charge is -2.33. The van der Waals surface area contributed by atoms with Crippen LogP contribution in [0, 0.1) is 5.21 Å². The number of carbonyl (C=O) groups excluding carboxylic acids is 1. The van der Waals surface area contributed by atoms with Gasteiger partial charge in [0.15, 0.2) is 6.20 Å². The molecular weight excluding hydrogens is 334 g/mol. The maximum atomic E-state index is 12.7. The molecule has 2 aromatic rings. The highest BCUT2D eigenvalue weighted by molar-refractivity contribution is 8.00. The van der Waals surface area contributed by atoms with E-state index in [0.717, 1.165) is 37.5 Å². The van der Waals surface area contributed by atoms with Crippen LogP contribution in [0.5, 0.6) is 0 Å². The molecule has 132 valence electrons. The number of hydrogen-bond acceptors (Lipinski definition) is 3. The van der Waals surface area contributed by atoms with Gasteiger partial charge in [-0.25, -0.2) is 0 Å². The molecule has 1 atom stereocenters. The van der Waals surface area contributed by atoms with Crippen molar-refractivity contribution in [1.82, 2.24) is 4.90 Å². The summed E-state index contributed by atoms with van der Waals surface area (Å²) in [5.74, 6) is 0.118. The topological polar surface area (TPSA) is 51.7 Å². The maximum Gasteiger partial charge on any atom is 0.252 e. The van der Waals surface area contributed by atoms with Crippen molar-refractivity contribution in [3.8, 4) is 0 Å². The molecule has 0 saturated carbocycles.